The number of alkyl halides is 1. The lowest BCUT2D eigenvalue weighted by Crippen LogP contribution is -2.35. The number of hydrogen-bond donors (Lipinski definition) is 5. The molecule has 0 radical (unpaired) electrons. The number of aliphatic hydroxyl groups is 1. The highest BCUT2D eigenvalue weighted by Crippen LogP contribution is 2.54. The Morgan fingerprint density at radius 3 is 2.05 bits per heavy atom. The lowest BCUT2D eigenvalue weighted by molar-refractivity contribution is -0.0635. The maximum absolute atomic E-state index is 15.9. The summed E-state index contributed by atoms with van der Waals surface area (Å²) < 4.78 is 64.7. The lowest BCUT2D eigenvalue weighted by Gasteiger charge is -2.27. The molecule has 3 aliphatic rings. The molecule has 0 spiro atoms. The molecule has 0 saturated carbocycles. The molecule has 0 aliphatic carbocycles. The minimum absolute atomic E-state index is 0.0348. The van der Waals surface area contributed by atoms with E-state index in [1.807, 2.05) is 0 Å². The van der Waals surface area contributed by atoms with Crippen LogP contribution in [0, 0.1) is 0 Å². The van der Waals surface area contributed by atoms with Crippen molar-refractivity contribution in [2.75, 3.05) is 24.7 Å². The first-order valence-corrected chi connectivity index (χ1v) is 16.8. The predicted octanol–water partition coefficient (Wildman–Crippen LogP) is -0.541. The number of aromatic nitrogens is 8. The van der Waals surface area contributed by atoms with E-state index in [1.165, 1.54) is 28.1 Å². The quantitative estimate of drug-likeness (QED) is 0.167. The molecule has 7 heterocycles. The Kier molecular flexibility index (Phi) is 7.39. The standard InChI is InChI=1S/C20H23FN10O10P2S/c21-9-13-8(39-19(9)30-5-28-10-15(22)24-3-26-17(10)30)2-37-43(35,44)41-14-12(32)7(1-36-42(33,34)40-13)38-20(14)31-6-29-11-16(23)25-4-27-18(11)31/h3-9,12-14,19-20,32H,1-2H2,(H,33,34)(H,35,44)(H2,22,24,26)(H2,23,25,27)/t7-,8-,9+,12+,13+,14+,19-,20-,43?/m1/s1. The second-order valence-corrected chi connectivity index (χ2v) is 14.1. The topological polar surface area (TPSA) is 272 Å². The Labute approximate surface area is 249 Å². The smallest absolute Gasteiger partial charge is 0.387 e. The summed E-state index contributed by atoms with van der Waals surface area (Å²) in [6.45, 7) is -5.66. The van der Waals surface area contributed by atoms with Gasteiger partial charge in [0.25, 0.3) is 0 Å². The van der Waals surface area contributed by atoms with Crippen molar-refractivity contribution in [1.29, 1.82) is 0 Å². The van der Waals surface area contributed by atoms with Crippen molar-refractivity contribution in [3.8, 4) is 0 Å². The second-order valence-electron chi connectivity index (χ2n) is 9.90. The molecular formula is C20H23FN10O10P2S. The van der Waals surface area contributed by atoms with Crippen molar-refractivity contribution in [2.45, 2.75) is 49.1 Å². The summed E-state index contributed by atoms with van der Waals surface area (Å²) in [7, 11) is -5.05. The van der Waals surface area contributed by atoms with Crippen LogP contribution in [0.25, 0.3) is 22.3 Å². The first kappa shape index (κ1) is 29.8. The number of hydrogen-bond acceptors (Lipinski definition) is 17. The number of imidazole rings is 2. The van der Waals surface area contributed by atoms with Crippen molar-refractivity contribution in [3.05, 3.63) is 25.3 Å². The van der Waals surface area contributed by atoms with Crippen LogP contribution >= 0.6 is 14.5 Å². The first-order valence-electron chi connectivity index (χ1n) is 12.7. The fourth-order valence-electron chi connectivity index (χ4n) is 5.19. The molecular weight excluding hydrogens is 653 g/mol. The van der Waals surface area contributed by atoms with Crippen LogP contribution in [0.1, 0.15) is 12.5 Å². The zero-order valence-corrected chi connectivity index (χ0v) is 24.6. The maximum Gasteiger partial charge on any atom is 0.472 e. The number of ether oxygens (including phenoxy) is 2. The van der Waals surface area contributed by atoms with Crippen molar-refractivity contribution in [3.63, 3.8) is 0 Å². The molecule has 3 aliphatic heterocycles. The second kappa shape index (κ2) is 10.9. The van der Waals surface area contributed by atoms with Crippen LogP contribution in [-0.2, 0) is 43.9 Å². The van der Waals surface area contributed by atoms with Gasteiger partial charge in [-0.1, -0.05) is 0 Å². The summed E-state index contributed by atoms with van der Waals surface area (Å²) in [5.41, 5.74) is 12.4. The van der Waals surface area contributed by atoms with Crippen LogP contribution in [0.2, 0.25) is 0 Å². The molecule has 3 saturated heterocycles. The first-order chi connectivity index (χ1) is 20.9. The van der Waals surface area contributed by atoms with Gasteiger partial charge in [-0.2, -0.15) is 0 Å². The molecule has 236 valence electrons. The Morgan fingerprint density at radius 1 is 0.841 bits per heavy atom. The predicted molar refractivity (Wildman–Crippen MR) is 146 cm³/mol. The van der Waals surface area contributed by atoms with E-state index in [0.29, 0.717) is 0 Å². The molecule has 44 heavy (non-hydrogen) atoms. The summed E-state index contributed by atoms with van der Waals surface area (Å²) in [5, 5.41) is 11.1. The van der Waals surface area contributed by atoms with Gasteiger partial charge in [0.15, 0.2) is 41.6 Å². The largest absolute Gasteiger partial charge is 0.472 e. The molecule has 0 amide bonds. The number of nitrogen functional groups attached to an aromatic ring is 2. The minimum atomic E-state index is -5.05. The molecule has 2 bridgehead atoms. The third-order valence-corrected chi connectivity index (χ3v) is 9.76. The molecule has 0 aromatic carbocycles. The van der Waals surface area contributed by atoms with Crippen LogP contribution in [0.4, 0.5) is 16.0 Å². The van der Waals surface area contributed by atoms with Gasteiger partial charge in [0.2, 0.25) is 0 Å². The Bertz CT molecular complexity index is 1830. The van der Waals surface area contributed by atoms with Crippen LogP contribution in [0.3, 0.4) is 0 Å². The monoisotopic (exact) mass is 676 g/mol. The molecule has 4 aromatic heterocycles. The molecule has 7 N–H and O–H groups in total. The van der Waals surface area contributed by atoms with Crippen molar-refractivity contribution < 1.29 is 51.4 Å². The fourth-order valence-corrected chi connectivity index (χ4v) is 7.56. The number of nitrogens with two attached hydrogens (primary N) is 2. The van der Waals surface area contributed by atoms with E-state index < -0.39 is 76.9 Å². The zero-order valence-electron chi connectivity index (χ0n) is 22.0. The van der Waals surface area contributed by atoms with Crippen molar-refractivity contribution in [2.24, 2.45) is 0 Å². The summed E-state index contributed by atoms with van der Waals surface area (Å²) in [6.07, 6.45) is -7.61. The third-order valence-electron chi connectivity index (χ3n) is 7.22. The number of halogens is 1. The summed E-state index contributed by atoms with van der Waals surface area (Å²) in [6, 6.07) is 0. The Morgan fingerprint density at radius 2 is 1.41 bits per heavy atom. The minimum Gasteiger partial charge on any atom is -0.387 e. The van der Waals surface area contributed by atoms with Crippen LogP contribution in [0.5, 0.6) is 0 Å². The van der Waals surface area contributed by atoms with E-state index in [1.54, 1.807) is 0 Å². The number of aliphatic hydroxyl groups excluding tert-OH is 1. The number of nitrogens with zero attached hydrogens (tertiary/aromatic N) is 8. The van der Waals surface area contributed by atoms with E-state index >= 15 is 4.39 Å². The van der Waals surface area contributed by atoms with Gasteiger partial charge >= 0.3 is 14.5 Å². The summed E-state index contributed by atoms with van der Waals surface area (Å²) in [4.78, 5) is 45.8. The zero-order chi connectivity index (χ0) is 31.0. The number of anilines is 2. The molecule has 4 aromatic rings. The van der Waals surface area contributed by atoms with Crippen LogP contribution in [0.15, 0.2) is 25.3 Å². The molecule has 3 fully saturated rings. The molecule has 7 rings (SSSR count). The van der Waals surface area contributed by atoms with Crippen molar-refractivity contribution in [1.82, 2.24) is 39.0 Å². The summed E-state index contributed by atoms with van der Waals surface area (Å²) in [5.74, 6) is 0.101. The molecule has 2 unspecified atom stereocenters. The average Bonchev–Trinajstić information content (AvgIpc) is 3.73. The lowest BCUT2D eigenvalue weighted by atomic mass is 10.1. The van der Waals surface area contributed by atoms with Gasteiger partial charge in [-0.3, -0.25) is 22.7 Å². The normalized spacial score (nSPS) is 38.3. The average molecular weight is 676 g/mol. The highest BCUT2D eigenvalue weighted by molar-refractivity contribution is 8.07. The fraction of sp³-hybridized carbons (Fsp3) is 0.500. The van der Waals surface area contributed by atoms with Gasteiger partial charge in [0.1, 0.15) is 54.2 Å². The van der Waals surface area contributed by atoms with Crippen LogP contribution in [-0.4, -0.2) is 104 Å². The number of phosphoric ester groups is 1. The van der Waals surface area contributed by atoms with E-state index in [0.717, 1.165) is 6.33 Å². The van der Waals surface area contributed by atoms with Gasteiger partial charge < -0.3 is 40.4 Å². The van der Waals surface area contributed by atoms with Gasteiger partial charge in [-0.25, -0.2) is 38.9 Å². The van der Waals surface area contributed by atoms with E-state index in [4.69, 9.17) is 50.8 Å². The van der Waals surface area contributed by atoms with E-state index in [-0.39, 0.29) is 34.0 Å². The SMILES string of the molecule is Nc1ncnc2c1ncn2[C@@H]1O[C@@H]2COP(O)(=S)O[C@H]3[C@@H](O)[C@@H](COP(=O)(O)O[C@@H]2[C@@H]1F)O[C@H]3n1cnc2c(N)ncnc21. The van der Waals surface area contributed by atoms with Gasteiger partial charge in [0.05, 0.1) is 25.9 Å². The number of fused-ring (bicyclic) bond motifs is 5. The number of rotatable bonds is 2. The van der Waals surface area contributed by atoms with Gasteiger partial charge in [0, 0.05) is 0 Å². The molecule has 20 nitrogen and oxygen atoms in total. The third kappa shape index (κ3) is 5.15. The molecule has 24 heteroatoms. The van der Waals surface area contributed by atoms with Gasteiger partial charge in [-0.15, -0.1) is 0 Å². The Hall–Kier alpha value is -2.85. The highest BCUT2D eigenvalue weighted by atomic mass is 32.5. The van der Waals surface area contributed by atoms with E-state index in [2.05, 4.69) is 29.9 Å². The van der Waals surface area contributed by atoms with Crippen molar-refractivity contribution >= 4 is 60.3 Å². The Balaban J connectivity index is 1.20. The highest BCUT2D eigenvalue weighted by Gasteiger charge is 2.54. The maximum atomic E-state index is 15.9. The molecule has 10 atom stereocenters. The summed E-state index contributed by atoms with van der Waals surface area (Å²) >= 11 is 5.21. The number of phosphoric acid groups is 1. The van der Waals surface area contributed by atoms with Crippen LogP contribution < -0.4 is 11.5 Å². The van der Waals surface area contributed by atoms with E-state index in [9.17, 15) is 19.5 Å². The van der Waals surface area contributed by atoms with Gasteiger partial charge in [-0.05, 0) is 11.8 Å².